The number of pyridine rings is 2. The number of aromatic nitrogens is 5. The minimum Gasteiger partial charge on any atom is -0.457 e. The number of hydrogen-bond donors (Lipinski definition) is 0. The number of benzene rings is 1. The Bertz CT molecular complexity index is 2460. The van der Waals surface area contributed by atoms with Crippen molar-refractivity contribution in [2.24, 2.45) is 0 Å². The molecular weight excluding hydrogens is 829 g/mol. The van der Waals surface area contributed by atoms with Crippen LogP contribution >= 0.6 is 0 Å². The molecule has 16 nitrogen and oxygen atoms in total. The van der Waals surface area contributed by atoms with Gasteiger partial charge in [-0.05, 0) is 121 Å². The smallest absolute Gasteiger partial charge is 0.415 e. The lowest BCUT2D eigenvalue weighted by molar-refractivity contribution is -0.189. The summed E-state index contributed by atoms with van der Waals surface area (Å²) in [4.78, 5) is 78.4. The fourth-order valence-corrected chi connectivity index (χ4v) is 10.3. The predicted molar refractivity (Wildman–Crippen MR) is 243 cm³/mol. The molecule has 2 saturated heterocycles. The summed E-state index contributed by atoms with van der Waals surface area (Å²) in [7, 11) is 0. The van der Waals surface area contributed by atoms with Crippen molar-refractivity contribution in [3.8, 4) is 17.1 Å². The van der Waals surface area contributed by atoms with Crippen LogP contribution in [0.5, 0.6) is 5.75 Å². The van der Waals surface area contributed by atoms with Crippen LogP contribution in [-0.2, 0) is 62.0 Å². The number of nitrogens with zero attached hydrogens (tertiary/aromatic N) is 8. The molecule has 0 saturated carbocycles. The van der Waals surface area contributed by atoms with Gasteiger partial charge in [0, 0.05) is 74.3 Å². The van der Waals surface area contributed by atoms with Gasteiger partial charge in [0.1, 0.15) is 12.4 Å². The van der Waals surface area contributed by atoms with E-state index in [2.05, 4.69) is 22.1 Å². The first-order chi connectivity index (χ1) is 31.6. The molecule has 2 amide bonds. The van der Waals surface area contributed by atoms with Gasteiger partial charge in [-0.25, -0.2) is 14.6 Å². The molecule has 16 heteroatoms. The molecular formula is C49H64N8O8. The van der Waals surface area contributed by atoms with Crippen molar-refractivity contribution < 1.29 is 33.4 Å². The van der Waals surface area contributed by atoms with Crippen molar-refractivity contribution in [2.45, 2.75) is 149 Å². The Morgan fingerprint density at radius 2 is 1.69 bits per heavy atom. The number of piperidine rings is 2. The van der Waals surface area contributed by atoms with Gasteiger partial charge in [-0.3, -0.25) is 19.1 Å². The minimum atomic E-state index is -1.78. The number of aryl methyl sites for hydroxylation is 3. The van der Waals surface area contributed by atoms with E-state index >= 15 is 0 Å². The second kappa shape index (κ2) is 20.3. The highest BCUT2D eigenvalue weighted by molar-refractivity contribution is 5.91. The van der Waals surface area contributed by atoms with Gasteiger partial charge >= 0.3 is 18.0 Å². The maximum absolute atomic E-state index is 14.3. The van der Waals surface area contributed by atoms with Crippen LogP contribution in [0.4, 0.5) is 4.79 Å². The maximum Gasteiger partial charge on any atom is 0.415 e. The van der Waals surface area contributed by atoms with Gasteiger partial charge in [-0.15, -0.1) is 5.10 Å². The third-order valence-electron chi connectivity index (χ3n) is 14.0. The SMILES string of the molecule is CCc1c2c(nc3ccc(OC(=O)N4CCC(N5CCCCC5)CC4)cc13)-c1cc3c(c(=O)n1C2)COC(=O)[C@@]3(CC)OC(=O)CCCCCn1cc(CCCC(=O)N(CC)CC)nn1. The first-order valence-electron chi connectivity index (χ1n) is 24.1. The second-order valence-corrected chi connectivity index (χ2v) is 17.9. The van der Waals surface area contributed by atoms with E-state index < -0.39 is 17.5 Å². The largest absolute Gasteiger partial charge is 0.457 e. The summed E-state index contributed by atoms with van der Waals surface area (Å²) in [6, 6.07) is 7.79. The molecule has 4 aromatic rings. The highest BCUT2D eigenvalue weighted by Gasteiger charge is 2.50. The Morgan fingerprint density at radius 1 is 0.908 bits per heavy atom. The van der Waals surface area contributed by atoms with E-state index in [1.54, 1.807) is 33.2 Å². The van der Waals surface area contributed by atoms with Gasteiger partial charge in [0.25, 0.3) is 5.56 Å². The highest BCUT2D eigenvalue weighted by Crippen LogP contribution is 2.43. The molecule has 0 radical (unpaired) electrons. The van der Waals surface area contributed by atoms with E-state index in [1.807, 2.05) is 37.1 Å². The van der Waals surface area contributed by atoms with Crippen LogP contribution < -0.4 is 10.3 Å². The lowest BCUT2D eigenvalue weighted by Gasteiger charge is -2.39. The topological polar surface area (TPSA) is 171 Å². The summed E-state index contributed by atoms with van der Waals surface area (Å²) in [5, 5.41) is 9.34. The summed E-state index contributed by atoms with van der Waals surface area (Å²) in [5.41, 5.74) is 3.15. The number of cyclic esters (lactones) is 1. The van der Waals surface area contributed by atoms with E-state index in [1.165, 1.54) is 19.3 Å². The third kappa shape index (κ3) is 9.55. The van der Waals surface area contributed by atoms with Crippen molar-refractivity contribution in [2.75, 3.05) is 39.3 Å². The Hall–Kier alpha value is -5.64. The number of fused-ring (bicyclic) bond motifs is 5. The number of likely N-dealkylation sites (tertiary alicyclic amines) is 2. The molecule has 0 bridgehead atoms. The van der Waals surface area contributed by atoms with Gasteiger partial charge in [-0.1, -0.05) is 31.9 Å². The average molecular weight is 893 g/mol. The average Bonchev–Trinajstić information content (AvgIpc) is 3.94. The number of amides is 2. The monoisotopic (exact) mass is 892 g/mol. The van der Waals surface area contributed by atoms with Gasteiger partial charge in [0.05, 0.1) is 34.7 Å². The molecule has 3 aromatic heterocycles. The number of unbranched alkanes of at least 4 members (excludes halogenated alkanes) is 2. The normalized spacial score (nSPS) is 18.5. The Balaban J connectivity index is 0.910. The van der Waals surface area contributed by atoms with E-state index in [9.17, 15) is 24.0 Å². The summed E-state index contributed by atoms with van der Waals surface area (Å²) in [6.45, 7) is 13.5. The number of hydrogen-bond acceptors (Lipinski definition) is 12. The van der Waals surface area contributed by atoms with Crippen LogP contribution in [0.3, 0.4) is 0 Å². The zero-order valence-corrected chi connectivity index (χ0v) is 38.6. The molecule has 0 N–H and O–H groups in total. The van der Waals surface area contributed by atoms with E-state index in [0.29, 0.717) is 99.1 Å². The molecule has 65 heavy (non-hydrogen) atoms. The van der Waals surface area contributed by atoms with Crippen molar-refractivity contribution >= 4 is 34.8 Å². The van der Waals surface area contributed by atoms with Crippen molar-refractivity contribution in [1.29, 1.82) is 0 Å². The van der Waals surface area contributed by atoms with Gasteiger partial charge in [0.2, 0.25) is 11.5 Å². The molecule has 0 aliphatic carbocycles. The zero-order chi connectivity index (χ0) is 45.7. The summed E-state index contributed by atoms with van der Waals surface area (Å²) < 4.78 is 21.1. The maximum atomic E-state index is 14.3. The van der Waals surface area contributed by atoms with Gasteiger partial charge in [0.15, 0.2) is 0 Å². The minimum absolute atomic E-state index is 0.0852. The van der Waals surface area contributed by atoms with E-state index in [-0.39, 0.29) is 49.1 Å². The second-order valence-electron chi connectivity index (χ2n) is 17.9. The lowest BCUT2D eigenvalue weighted by Crippen LogP contribution is -2.48. The lowest BCUT2D eigenvalue weighted by atomic mass is 9.85. The molecule has 0 unspecified atom stereocenters. The molecule has 4 aliphatic heterocycles. The molecule has 0 spiro atoms. The summed E-state index contributed by atoms with van der Waals surface area (Å²) in [6.07, 6.45) is 12.0. The van der Waals surface area contributed by atoms with E-state index in [0.717, 1.165) is 61.0 Å². The number of esters is 2. The van der Waals surface area contributed by atoms with Crippen LogP contribution in [0.2, 0.25) is 0 Å². The molecule has 4 aliphatic rings. The molecule has 8 rings (SSSR count). The molecule has 348 valence electrons. The number of ether oxygens (including phenoxy) is 3. The first-order valence-corrected chi connectivity index (χ1v) is 24.1. The standard InChI is InChI=1S/C49H64N8O8/c1-5-36-37-28-35(64-48(62)55-26-21-34(22-27-55)54-23-12-10-13-24-54)19-20-41(37)50-45-38(36)31-57-42(45)29-40-39(46(57)60)32-63-47(61)49(40,6-2)65-44(59)18-11-9-14-25-56-30-33(51-52-56)16-15-17-43(58)53(7-3)8-4/h19-20,28-30,34H,5-18,21-27,31-32H2,1-4H3/t49-/m0/s1. The Kier molecular flexibility index (Phi) is 14.3. The fourth-order valence-electron chi connectivity index (χ4n) is 10.3. The Morgan fingerprint density at radius 3 is 2.43 bits per heavy atom. The first kappa shape index (κ1) is 45.9. The van der Waals surface area contributed by atoms with Crippen LogP contribution in [0.25, 0.3) is 22.3 Å². The zero-order valence-electron chi connectivity index (χ0n) is 38.6. The van der Waals surface area contributed by atoms with Crippen LogP contribution in [-0.4, -0.2) is 108 Å². The van der Waals surface area contributed by atoms with Crippen LogP contribution in [0, 0.1) is 0 Å². The molecule has 1 atom stereocenters. The van der Waals surface area contributed by atoms with Gasteiger partial charge < -0.3 is 33.5 Å². The fraction of sp³-hybridized carbons (Fsp3) is 0.592. The van der Waals surface area contributed by atoms with Gasteiger partial charge in [-0.2, -0.15) is 0 Å². The molecule has 1 aromatic carbocycles. The van der Waals surface area contributed by atoms with Crippen LogP contribution in [0.1, 0.15) is 133 Å². The number of carbonyl (C=O) groups excluding carboxylic acids is 4. The highest BCUT2D eigenvalue weighted by atomic mass is 16.6. The number of carbonyl (C=O) groups is 4. The van der Waals surface area contributed by atoms with Crippen molar-refractivity contribution in [3.05, 3.63) is 68.8 Å². The summed E-state index contributed by atoms with van der Waals surface area (Å²) in [5.74, 6) is -0.642. The summed E-state index contributed by atoms with van der Waals surface area (Å²) >= 11 is 0. The van der Waals surface area contributed by atoms with Crippen LogP contribution in [0.15, 0.2) is 35.3 Å². The van der Waals surface area contributed by atoms with Crippen molar-refractivity contribution in [3.63, 3.8) is 0 Å². The Labute approximate surface area is 380 Å². The predicted octanol–water partition coefficient (Wildman–Crippen LogP) is 6.69. The molecule has 7 heterocycles. The van der Waals surface area contributed by atoms with Crippen molar-refractivity contribution in [1.82, 2.24) is 39.2 Å². The van der Waals surface area contributed by atoms with E-state index in [4.69, 9.17) is 19.2 Å². The number of rotatable bonds is 17. The third-order valence-corrected chi connectivity index (χ3v) is 14.0. The quantitative estimate of drug-likeness (QED) is 0.0717. The molecule has 2 fully saturated rings.